The maximum atomic E-state index is 11.9. The van der Waals surface area contributed by atoms with Gasteiger partial charge in [0, 0.05) is 5.56 Å². The molecule has 2 N–H and O–H groups in total. The molecule has 1 aromatic heterocycles. The molecule has 1 aliphatic rings. The van der Waals surface area contributed by atoms with Crippen LogP contribution in [0.1, 0.15) is 42.9 Å². The molecule has 1 aromatic rings. The van der Waals surface area contributed by atoms with Gasteiger partial charge in [-0.05, 0) is 39.7 Å². The van der Waals surface area contributed by atoms with Gasteiger partial charge in [-0.3, -0.25) is 9.59 Å². The van der Waals surface area contributed by atoms with Crippen molar-refractivity contribution in [2.24, 2.45) is 5.41 Å². The van der Waals surface area contributed by atoms with Gasteiger partial charge in [-0.2, -0.15) is 0 Å². The summed E-state index contributed by atoms with van der Waals surface area (Å²) < 4.78 is 5.40. The Bertz CT molecular complexity index is 499. The van der Waals surface area contributed by atoms with Gasteiger partial charge >= 0.3 is 5.97 Å². The summed E-state index contributed by atoms with van der Waals surface area (Å²) in [5.74, 6) is 0.0940. The predicted molar refractivity (Wildman–Crippen MR) is 64.0 cm³/mol. The van der Waals surface area contributed by atoms with Crippen molar-refractivity contribution in [3.63, 3.8) is 0 Å². The third kappa shape index (κ3) is 2.00. The van der Waals surface area contributed by atoms with E-state index in [1.54, 1.807) is 0 Å². The number of aryl methyl sites for hydroxylation is 2. The number of amides is 1. The monoisotopic (exact) mass is 251 g/mol. The maximum absolute atomic E-state index is 11.9. The van der Waals surface area contributed by atoms with Crippen LogP contribution in [0.25, 0.3) is 0 Å². The number of carbonyl (C=O) groups excluding carboxylic acids is 1. The zero-order valence-electron chi connectivity index (χ0n) is 10.7. The minimum atomic E-state index is -1.19. The van der Waals surface area contributed by atoms with Crippen molar-refractivity contribution >= 4 is 11.9 Å². The number of furan rings is 1. The zero-order chi connectivity index (χ0) is 13.5. The largest absolute Gasteiger partial charge is 0.480 e. The Morgan fingerprint density at radius 2 is 2.06 bits per heavy atom. The van der Waals surface area contributed by atoms with Crippen LogP contribution in [0, 0.1) is 19.3 Å². The van der Waals surface area contributed by atoms with Crippen LogP contribution in [0.4, 0.5) is 0 Å². The first-order chi connectivity index (χ1) is 8.36. The Labute approximate surface area is 105 Å². The number of nitrogens with one attached hydrogen (secondary N) is 1. The van der Waals surface area contributed by atoms with E-state index in [9.17, 15) is 9.59 Å². The normalized spacial score (nSPS) is 18.2. The molecule has 0 spiro atoms. The van der Waals surface area contributed by atoms with E-state index in [-0.39, 0.29) is 6.04 Å². The van der Waals surface area contributed by atoms with Crippen LogP contribution >= 0.6 is 0 Å². The van der Waals surface area contributed by atoms with E-state index in [4.69, 9.17) is 9.52 Å². The number of rotatable bonds is 4. The summed E-state index contributed by atoms with van der Waals surface area (Å²) in [4.78, 5) is 23.0. The van der Waals surface area contributed by atoms with Gasteiger partial charge < -0.3 is 14.8 Å². The molecule has 18 heavy (non-hydrogen) atoms. The van der Waals surface area contributed by atoms with Gasteiger partial charge in [-0.1, -0.05) is 0 Å². The number of aliphatic carboxylic acids is 1. The van der Waals surface area contributed by atoms with Gasteiger partial charge in [-0.15, -0.1) is 0 Å². The van der Waals surface area contributed by atoms with Crippen LogP contribution < -0.4 is 5.32 Å². The molecule has 2 rings (SSSR count). The molecule has 5 heteroatoms. The van der Waals surface area contributed by atoms with Crippen molar-refractivity contribution in [3.8, 4) is 0 Å². The molecular weight excluding hydrogens is 234 g/mol. The molecule has 1 saturated carbocycles. The van der Waals surface area contributed by atoms with Gasteiger partial charge in [0.2, 0.25) is 5.91 Å². The number of hydrogen-bond acceptors (Lipinski definition) is 3. The van der Waals surface area contributed by atoms with E-state index in [0.29, 0.717) is 12.8 Å². The number of carbonyl (C=O) groups is 2. The first-order valence-corrected chi connectivity index (χ1v) is 5.98. The van der Waals surface area contributed by atoms with Crippen LogP contribution in [0.5, 0.6) is 0 Å². The summed E-state index contributed by atoms with van der Waals surface area (Å²) >= 11 is 0. The third-order valence-electron chi connectivity index (χ3n) is 3.49. The number of carboxylic acids is 1. The van der Waals surface area contributed by atoms with Gasteiger partial charge in [-0.25, -0.2) is 0 Å². The topological polar surface area (TPSA) is 79.5 Å². The SMILES string of the molecule is Cc1cc([C@@H](C)NC(=O)C2(C(=O)O)CC2)c(C)o1. The fourth-order valence-corrected chi connectivity index (χ4v) is 2.16. The highest BCUT2D eigenvalue weighted by molar-refractivity contribution is 6.04. The van der Waals surface area contributed by atoms with Gasteiger partial charge in [0.25, 0.3) is 0 Å². The lowest BCUT2D eigenvalue weighted by Crippen LogP contribution is -2.38. The van der Waals surface area contributed by atoms with Crippen molar-refractivity contribution in [1.82, 2.24) is 5.32 Å². The lowest BCUT2D eigenvalue weighted by Gasteiger charge is -2.16. The Morgan fingerprint density at radius 1 is 1.44 bits per heavy atom. The van der Waals surface area contributed by atoms with E-state index < -0.39 is 17.3 Å². The molecule has 1 atom stereocenters. The van der Waals surface area contributed by atoms with Gasteiger partial charge in [0.05, 0.1) is 6.04 Å². The molecule has 1 heterocycles. The second-order valence-corrected chi connectivity index (χ2v) is 4.95. The fourth-order valence-electron chi connectivity index (χ4n) is 2.16. The molecule has 1 fully saturated rings. The summed E-state index contributed by atoms with van der Waals surface area (Å²) in [5, 5.41) is 11.8. The highest BCUT2D eigenvalue weighted by Gasteiger charge is 2.57. The standard InChI is InChI=1S/C13H17NO4/c1-7-6-10(9(3)18-7)8(2)14-11(15)13(4-5-13)12(16)17/h6,8H,4-5H2,1-3H3,(H,14,15)(H,16,17)/t8-/m1/s1. The van der Waals surface area contributed by atoms with E-state index in [2.05, 4.69) is 5.32 Å². The smallest absolute Gasteiger partial charge is 0.319 e. The molecular formula is C13H17NO4. The fraction of sp³-hybridized carbons (Fsp3) is 0.538. The van der Waals surface area contributed by atoms with E-state index >= 15 is 0 Å². The van der Waals surface area contributed by atoms with E-state index in [1.165, 1.54) is 0 Å². The van der Waals surface area contributed by atoms with Gasteiger partial charge in [0.1, 0.15) is 16.9 Å². The van der Waals surface area contributed by atoms with Crippen LogP contribution in [0.2, 0.25) is 0 Å². The average Bonchev–Trinajstić information content (AvgIpc) is 3.00. The average molecular weight is 251 g/mol. The number of carboxylic acid groups (broad SMARTS) is 1. The van der Waals surface area contributed by atoms with Crippen LogP contribution in [-0.2, 0) is 9.59 Å². The summed E-state index contributed by atoms with van der Waals surface area (Å²) in [6, 6.07) is 1.62. The van der Waals surface area contributed by atoms with Gasteiger partial charge in [0.15, 0.2) is 0 Å². The molecule has 1 aliphatic carbocycles. The van der Waals surface area contributed by atoms with Crippen molar-refractivity contribution in [2.75, 3.05) is 0 Å². The first-order valence-electron chi connectivity index (χ1n) is 5.98. The Morgan fingerprint density at radius 3 is 2.44 bits per heavy atom. The van der Waals surface area contributed by atoms with Crippen molar-refractivity contribution < 1.29 is 19.1 Å². The Hall–Kier alpha value is -1.78. The lowest BCUT2D eigenvalue weighted by molar-refractivity contribution is -0.149. The summed E-state index contributed by atoms with van der Waals surface area (Å²) in [5.41, 5.74) is -0.303. The lowest BCUT2D eigenvalue weighted by atomic mass is 10.0. The van der Waals surface area contributed by atoms with E-state index in [1.807, 2.05) is 26.8 Å². The second kappa shape index (κ2) is 4.15. The zero-order valence-corrected chi connectivity index (χ0v) is 10.7. The second-order valence-electron chi connectivity index (χ2n) is 4.95. The van der Waals surface area contributed by atoms with Crippen molar-refractivity contribution in [1.29, 1.82) is 0 Å². The quantitative estimate of drug-likeness (QED) is 0.801. The molecule has 0 aromatic carbocycles. The Kier molecular flexibility index (Phi) is 2.92. The first kappa shape index (κ1) is 12.7. The molecule has 98 valence electrons. The Balaban J connectivity index is 2.08. The minimum Gasteiger partial charge on any atom is -0.480 e. The maximum Gasteiger partial charge on any atom is 0.319 e. The van der Waals surface area contributed by atoms with Crippen LogP contribution in [0.15, 0.2) is 10.5 Å². The van der Waals surface area contributed by atoms with Crippen LogP contribution in [-0.4, -0.2) is 17.0 Å². The number of hydrogen-bond donors (Lipinski definition) is 2. The predicted octanol–water partition coefficient (Wildman–Crippen LogP) is 1.94. The highest BCUT2D eigenvalue weighted by atomic mass is 16.4. The molecule has 0 bridgehead atoms. The van der Waals surface area contributed by atoms with Crippen molar-refractivity contribution in [3.05, 3.63) is 23.2 Å². The molecule has 0 radical (unpaired) electrons. The van der Waals surface area contributed by atoms with E-state index in [0.717, 1.165) is 17.1 Å². The van der Waals surface area contributed by atoms with Crippen LogP contribution in [0.3, 0.4) is 0 Å². The molecule has 0 unspecified atom stereocenters. The van der Waals surface area contributed by atoms with Crippen molar-refractivity contribution in [2.45, 2.75) is 39.7 Å². The molecule has 5 nitrogen and oxygen atoms in total. The minimum absolute atomic E-state index is 0.244. The summed E-state index contributed by atoms with van der Waals surface area (Å²) in [7, 11) is 0. The summed E-state index contributed by atoms with van der Waals surface area (Å²) in [6.07, 6.45) is 0.842. The molecule has 0 aliphatic heterocycles. The highest BCUT2D eigenvalue weighted by Crippen LogP contribution is 2.46. The molecule has 0 saturated heterocycles. The molecule has 1 amide bonds. The third-order valence-corrected chi connectivity index (χ3v) is 3.49. The summed E-state index contributed by atoms with van der Waals surface area (Å²) in [6.45, 7) is 5.49.